The number of benzene rings is 6. The standard InChI is InChI=1S/C44H30N2/c1-3-9-31(10-4-1)33-14-16-35(17-15-33)39-26-27-43-41(29-39)40(36-20-24-37(25-21-36)42-13-7-8-28-45-42)30-44(46-43)38-22-18-34(19-23-38)32-11-5-2-6-12-32/h1-30H. The van der Waals surface area contributed by atoms with E-state index in [2.05, 4.69) is 157 Å². The third-order valence-electron chi connectivity index (χ3n) is 8.58. The number of aromatic nitrogens is 2. The molecule has 2 aromatic heterocycles. The third-order valence-corrected chi connectivity index (χ3v) is 8.58. The molecule has 0 fully saturated rings. The molecule has 2 heterocycles. The number of fused-ring (bicyclic) bond motifs is 1. The summed E-state index contributed by atoms with van der Waals surface area (Å²) in [7, 11) is 0. The van der Waals surface area contributed by atoms with Gasteiger partial charge in [0.15, 0.2) is 0 Å². The highest BCUT2D eigenvalue weighted by molar-refractivity contribution is 5.99. The van der Waals surface area contributed by atoms with Gasteiger partial charge in [-0.05, 0) is 74.8 Å². The minimum absolute atomic E-state index is 0.955. The van der Waals surface area contributed by atoms with Crippen LogP contribution < -0.4 is 0 Å². The average molecular weight is 587 g/mol. The Hall–Kier alpha value is -6.12. The molecule has 0 saturated carbocycles. The summed E-state index contributed by atoms with van der Waals surface area (Å²) in [6, 6.07) is 62.1. The Morgan fingerprint density at radius 1 is 0.304 bits per heavy atom. The molecule has 0 bridgehead atoms. The maximum Gasteiger partial charge on any atom is 0.0716 e. The Kier molecular flexibility index (Phi) is 7.22. The van der Waals surface area contributed by atoms with E-state index in [9.17, 15) is 0 Å². The van der Waals surface area contributed by atoms with Gasteiger partial charge in [-0.3, -0.25) is 4.98 Å². The normalized spacial score (nSPS) is 11.0. The minimum Gasteiger partial charge on any atom is -0.256 e. The number of hydrogen-bond acceptors (Lipinski definition) is 2. The van der Waals surface area contributed by atoms with Gasteiger partial charge in [0.1, 0.15) is 0 Å². The van der Waals surface area contributed by atoms with E-state index in [1.54, 1.807) is 0 Å². The van der Waals surface area contributed by atoms with Gasteiger partial charge in [0.25, 0.3) is 0 Å². The predicted octanol–water partition coefficient (Wildman–Crippen LogP) is 11.6. The van der Waals surface area contributed by atoms with Crippen LogP contribution in [0.2, 0.25) is 0 Å². The van der Waals surface area contributed by atoms with Crippen LogP contribution in [0.3, 0.4) is 0 Å². The largest absolute Gasteiger partial charge is 0.256 e. The van der Waals surface area contributed by atoms with Crippen LogP contribution in [-0.2, 0) is 0 Å². The Balaban J connectivity index is 1.22. The zero-order valence-corrected chi connectivity index (χ0v) is 25.2. The molecule has 0 amide bonds. The fourth-order valence-corrected chi connectivity index (χ4v) is 6.10. The highest BCUT2D eigenvalue weighted by Crippen LogP contribution is 2.36. The lowest BCUT2D eigenvalue weighted by atomic mass is 9.94. The molecule has 2 heteroatoms. The SMILES string of the molecule is c1ccc(-c2ccc(-c3ccc4nc(-c5ccc(-c6ccccc6)cc5)cc(-c5ccc(-c6ccccn6)cc5)c4c3)cc2)cc1. The fourth-order valence-electron chi connectivity index (χ4n) is 6.10. The molecule has 0 atom stereocenters. The van der Waals surface area contributed by atoms with Crippen LogP contribution in [0, 0.1) is 0 Å². The Labute approximate surface area is 269 Å². The summed E-state index contributed by atoms with van der Waals surface area (Å²) in [5.41, 5.74) is 14.6. The predicted molar refractivity (Wildman–Crippen MR) is 192 cm³/mol. The van der Waals surface area contributed by atoms with Gasteiger partial charge in [-0.1, -0.05) is 146 Å². The van der Waals surface area contributed by atoms with Crippen LogP contribution in [-0.4, -0.2) is 9.97 Å². The van der Waals surface area contributed by atoms with Crippen molar-refractivity contribution in [2.75, 3.05) is 0 Å². The zero-order chi connectivity index (χ0) is 30.7. The van der Waals surface area contributed by atoms with Gasteiger partial charge in [0.05, 0.1) is 16.9 Å². The lowest BCUT2D eigenvalue weighted by Gasteiger charge is -2.13. The van der Waals surface area contributed by atoms with Gasteiger partial charge < -0.3 is 0 Å². The molecule has 216 valence electrons. The first-order valence-corrected chi connectivity index (χ1v) is 15.6. The molecule has 0 aliphatic rings. The molecule has 0 saturated heterocycles. The molecule has 0 radical (unpaired) electrons. The molecular weight excluding hydrogens is 556 g/mol. The monoisotopic (exact) mass is 586 g/mol. The summed E-state index contributed by atoms with van der Waals surface area (Å²) in [6.07, 6.45) is 1.84. The van der Waals surface area contributed by atoms with Gasteiger partial charge in [-0.2, -0.15) is 0 Å². The first kappa shape index (κ1) is 27.4. The highest BCUT2D eigenvalue weighted by Gasteiger charge is 2.13. The van der Waals surface area contributed by atoms with E-state index < -0.39 is 0 Å². The van der Waals surface area contributed by atoms with Crippen molar-refractivity contribution in [1.29, 1.82) is 0 Å². The van der Waals surface area contributed by atoms with E-state index in [1.807, 2.05) is 30.5 Å². The molecule has 0 spiro atoms. The Bertz CT molecular complexity index is 2240. The van der Waals surface area contributed by atoms with Crippen molar-refractivity contribution in [2.45, 2.75) is 0 Å². The quantitative estimate of drug-likeness (QED) is 0.194. The molecule has 0 aliphatic heterocycles. The van der Waals surface area contributed by atoms with Crippen LogP contribution in [0.4, 0.5) is 0 Å². The number of nitrogens with zero attached hydrogens (tertiary/aromatic N) is 2. The van der Waals surface area contributed by atoms with Crippen LogP contribution in [0.15, 0.2) is 182 Å². The fraction of sp³-hybridized carbons (Fsp3) is 0. The van der Waals surface area contributed by atoms with E-state index in [0.29, 0.717) is 0 Å². The Morgan fingerprint density at radius 3 is 1.33 bits per heavy atom. The van der Waals surface area contributed by atoms with Crippen molar-refractivity contribution in [3.8, 4) is 67.0 Å². The van der Waals surface area contributed by atoms with Crippen molar-refractivity contribution in [2.24, 2.45) is 0 Å². The van der Waals surface area contributed by atoms with Crippen LogP contribution in [0.25, 0.3) is 77.9 Å². The first-order valence-electron chi connectivity index (χ1n) is 15.6. The molecule has 46 heavy (non-hydrogen) atoms. The van der Waals surface area contributed by atoms with E-state index in [1.165, 1.54) is 33.4 Å². The van der Waals surface area contributed by atoms with Gasteiger partial charge in [0, 0.05) is 22.7 Å². The molecule has 2 nitrogen and oxygen atoms in total. The molecule has 0 unspecified atom stereocenters. The summed E-state index contributed by atoms with van der Waals surface area (Å²) in [5, 5.41) is 1.12. The molecular formula is C44H30N2. The summed E-state index contributed by atoms with van der Waals surface area (Å²) < 4.78 is 0. The second kappa shape index (κ2) is 12.1. The Morgan fingerprint density at radius 2 is 0.761 bits per heavy atom. The van der Waals surface area contributed by atoms with Crippen molar-refractivity contribution in [1.82, 2.24) is 9.97 Å². The second-order valence-corrected chi connectivity index (χ2v) is 11.5. The van der Waals surface area contributed by atoms with Crippen molar-refractivity contribution in [3.05, 3.63) is 182 Å². The van der Waals surface area contributed by atoms with E-state index in [4.69, 9.17) is 4.98 Å². The lowest BCUT2D eigenvalue weighted by molar-refractivity contribution is 1.33. The van der Waals surface area contributed by atoms with Gasteiger partial charge >= 0.3 is 0 Å². The molecule has 0 N–H and O–H groups in total. The van der Waals surface area contributed by atoms with Crippen LogP contribution in [0.1, 0.15) is 0 Å². The second-order valence-electron chi connectivity index (χ2n) is 11.5. The van der Waals surface area contributed by atoms with E-state index >= 15 is 0 Å². The zero-order valence-electron chi connectivity index (χ0n) is 25.2. The van der Waals surface area contributed by atoms with Crippen molar-refractivity contribution in [3.63, 3.8) is 0 Å². The summed E-state index contributed by atoms with van der Waals surface area (Å²) in [6.45, 7) is 0. The number of pyridine rings is 2. The maximum atomic E-state index is 5.18. The van der Waals surface area contributed by atoms with E-state index in [0.717, 1.165) is 44.5 Å². The van der Waals surface area contributed by atoms with Gasteiger partial charge in [0.2, 0.25) is 0 Å². The van der Waals surface area contributed by atoms with Crippen LogP contribution in [0.5, 0.6) is 0 Å². The van der Waals surface area contributed by atoms with Crippen LogP contribution >= 0.6 is 0 Å². The van der Waals surface area contributed by atoms with Gasteiger partial charge in [-0.25, -0.2) is 4.98 Å². The lowest BCUT2D eigenvalue weighted by Crippen LogP contribution is -1.92. The maximum absolute atomic E-state index is 5.18. The van der Waals surface area contributed by atoms with Crippen molar-refractivity contribution >= 4 is 10.9 Å². The first-order chi connectivity index (χ1) is 22.8. The molecule has 8 rings (SSSR count). The van der Waals surface area contributed by atoms with Gasteiger partial charge in [-0.15, -0.1) is 0 Å². The minimum atomic E-state index is 0.955. The summed E-state index contributed by atoms with van der Waals surface area (Å²) in [5.74, 6) is 0. The average Bonchev–Trinajstić information content (AvgIpc) is 3.15. The molecule has 6 aromatic carbocycles. The van der Waals surface area contributed by atoms with E-state index in [-0.39, 0.29) is 0 Å². The topological polar surface area (TPSA) is 25.8 Å². The molecule has 0 aliphatic carbocycles. The molecule has 8 aromatic rings. The summed E-state index contributed by atoms with van der Waals surface area (Å²) in [4.78, 5) is 9.72. The highest BCUT2D eigenvalue weighted by atomic mass is 14.7. The number of hydrogen-bond donors (Lipinski definition) is 0. The smallest absolute Gasteiger partial charge is 0.0716 e. The van der Waals surface area contributed by atoms with Crippen molar-refractivity contribution < 1.29 is 0 Å². The number of rotatable bonds is 6. The third kappa shape index (κ3) is 5.49. The summed E-state index contributed by atoms with van der Waals surface area (Å²) >= 11 is 0.